The molecule has 1 aliphatic rings. The van der Waals surface area contributed by atoms with Crippen molar-refractivity contribution in [3.8, 4) is 0 Å². The number of aliphatic carboxylic acids is 1. The van der Waals surface area contributed by atoms with E-state index in [4.69, 9.17) is 9.84 Å². The minimum Gasteiger partial charge on any atom is -0.481 e. The van der Waals surface area contributed by atoms with Gasteiger partial charge in [0.15, 0.2) is 0 Å². The Labute approximate surface area is 101 Å². The first kappa shape index (κ1) is 13.9. The SMILES string of the molecule is COCCNC(=O)C(C)N1CCC(C(=O)O)C1. The van der Waals surface area contributed by atoms with Gasteiger partial charge in [-0.2, -0.15) is 0 Å². The van der Waals surface area contributed by atoms with E-state index >= 15 is 0 Å². The summed E-state index contributed by atoms with van der Waals surface area (Å²) in [4.78, 5) is 24.4. The first-order chi connectivity index (χ1) is 8.06. The van der Waals surface area contributed by atoms with Crippen molar-refractivity contribution in [2.24, 2.45) is 5.92 Å². The van der Waals surface area contributed by atoms with E-state index in [1.165, 1.54) is 0 Å². The highest BCUT2D eigenvalue weighted by atomic mass is 16.5. The summed E-state index contributed by atoms with van der Waals surface area (Å²) in [5.74, 6) is -1.20. The Morgan fingerprint density at radius 1 is 1.59 bits per heavy atom. The van der Waals surface area contributed by atoms with Crippen molar-refractivity contribution in [1.29, 1.82) is 0 Å². The first-order valence-corrected chi connectivity index (χ1v) is 5.79. The molecule has 2 atom stereocenters. The van der Waals surface area contributed by atoms with Crippen LogP contribution in [0.1, 0.15) is 13.3 Å². The summed E-state index contributed by atoms with van der Waals surface area (Å²) in [5, 5.41) is 11.6. The van der Waals surface area contributed by atoms with E-state index in [-0.39, 0.29) is 17.9 Å². The molecule has 6 heteroatoms. The second-order valence-corrected chi connectivity index (χ2v) is 4.28. The molecule has 1 aliphatic heterocycles. The molecule has 2 unspecified atom stereocenters. The molecule has 1 rings (SSSR count). The molecule has 0 spiro atoms. The van der Waals surface area contributed by atoms with Gasteiger partial charge in [-0.15, -0.1) is 0 Å². The summed E-state index contributed by atoms with van der Waals surface area (Å²) in [6, 6.07) is -0.281. The number of amides is 1. The van der Waals surface area contributed by atoms with E-state index < -0.39 is 5.97 Å². The third-order valence-corrected chi connectivity index (χ3v) is 3.10. The van der Waals surface area contributed by atoms with Gasteiger partial charge in [-0.25, -0.2) is 0 Å². The Morgan fingerprint density at radius 2 is 2.29 bits per heavy atom. The number of hydrogen-bond donors (Lipinski definition) is 2. The molecule has 0 aromatic carbocycles. The fraction of sp³-hybridized carbons (Fsp3) is 0.818. The number of nitrogens with zero attached hydrogens (tertiary/aromatic N) is 1. The van der Waals surface area contributed by atoms with Crippen LogP contribution in [0.4, 0.5) is 0 Å². The molecule has 98 valence electrons. The second kappa shape index (κ2) is 6.56. The van der Waals surface area contributed by atoms with E-state index in [1.807, 2.05) is 4.90 Å². The van der Waals surface area contributed by atoms with Crippen molar-refractivity contribution in [3.05, 3.63) is 0 Å². The minimum absolute atomic E-state index is 0.0758. The van der Waals surface area contributed by atoms with Crippen LogP contribution >= 0.6 is 0 Å². The van der Waals surface area contributed by atoms with Crippen molar-refractivity contribution in [2.75, 3.05) is 33.4 Å². The molecule has 1 amide bonds. The molecule has 0 aliphatic carbocycles. The highest BCUT2D eigenvalue weighted by molar-refractivity contribution is 5.81. The first-order valence-electron chi connectivity index (χ1n) is 5.79. The van der Waals surface area contributed by atoms with Crippen molar-refractivity contribution in [1.82, 2.24) is 10.2 Å². The summed E-state index contributed by atoms with van der Waals surface area (Å²) in [7, 11) is 1.58. The van der Waals surface area contributed by atoms with Gasteiger partial charge in [0.2, 0.25) is 5.91 Å². The van der Waals surface area contributed by atoms with Crippen LogP contribution in [-0.4, -0.2) is 61.3 Å². The zero-order valence-corrected chi connectivity index (χ0v) is 10.3. The fourth-order valence-electron chi connectivity index (χ4n) is 1.93. The molecule has 0 aromatic heterocycles. The van der Waals surface area contributed by atoms with Crippen LogP contribution in [-0.2, 0) is 14.3 Å². The van der Waals surface area contributed by atoms with E-state index in [0.29, 0.717) is 32.7 Å². The number of carbonyl (C=O) groups excluding carboxylic acids is 1. The van der Waals surface area contributed by atoms with Gasteiger partial charge < -0.3 is 15.2 Å². The van der Waals surface area contributed by atoms with Crippen LogP contribution in [0.25, 0.3) is 0 Å². The molecule has 0 aromatic rings. The third-order valence-electron chi connectivity index (χ3n) is 3.10. The van der Waals surface area contributed by atoms with Crippen molar-refractivity contribution in [3.63, 3.8) is 0 Å². The topological polar surface area (TPSA) is 78.9 Å². The number of hydrogen-bond acceptors (Lipinski definition) is 4. The number of likely N-dealkylation sites (tertiary alicyclic amines) is 1. The maximum absolute atomic E-state index is 11.7. The fourth-order valence-corrected chi connectivity index (χ4v) is 1.93. The quantitative estimate of drug-likeness (QED) is 0.618. The van der Waals surface area contributed by atoms with E-state index in [2.05, 4.69) is 5.32 Å². The lowest BCUT2D eigenvalue weighted by atomic mass is 10.1. The molecule has 1 heterocycles. The average Bonchev–Trinajstić information content (AvgIpc) is 2.77. The normalized spacial score (nSPS) is 22.4. The van der Waals surface area contributed by atoms with Crippen LogP contribution in [0.2, 0.25) is 0 Å². The predicted octanol–water partition coefficient (Wildman–Crippen LogP) is -0.456. The third kappa shape index (κ3) is 3.98. The number of rotatable bonds is 6. The Morgan fingerprint density at radius 3 is 2.82 bits per heavy atom. The molecule has 1 saturated heterocycles. The molecular weight excluding hydrogens is 224 g/mol. The highest BCUT2D eigenvalue weighted by Crippen LogP contribution is 2.18. The minimum atomic E-state index is -0.778. The summed E-state index contributed by atoms with van der Waals surface area (Å²) in [6.07, 6.45) is 0.616. The number of carboxylic acid groups (broad SMARTS) is 1. The Hall–Kier alpha value is -1.14. The second-order valence-electron chi connectivity index (χ2n) is 4.28. The summed E-state index contributed by atoms with van der Waals surface area (Å²) in [6.45, 7) is 3.88. The van der Waals surface area contributed by atoms with Gasteiger partial charge in [-0.3, -0.25) is 14.5 Å². The van der Waals surface area contributed by atoms with Gasteiger partial charge >= 0.3 is 5.97 Å². The number of carbonyl (C=O) groups is 2. The Kier molecular flexibility index (Phi) is 5.37. The van der Waals surface area contributed by atoms with Gasteiger partial charge in [0.05, 0.1) is 18.6 Å². The van der Waals surface area contributed by atoms with Crippen molar-refractivity contribution < 1.29 is 19.4 Å². The zero-order valence-electron chi connectivity index (χ0n) is 10.3. The largest absolute Gasteiger partial charge is 0.481 e. The van der Waals surface area contributed by atoms with Gasteiger partial charge in [0, 0.05) is 20.2 Å². The number of methoxy groups -OCH3 is 1. The lowest BCUT2D eigenvalue weighted by Crippen LogP contribution is -2.45. The maximum atomic E-state index is 11.7. The van der Waals surface area contributed by atoms with E-state index in [0.717, 1.165) is 0 Å². The smallest absolute Gasteiger partial charge is 0.307 e. The number of carboxylic acids is 1. The van der Waals surface area contributed by atoms with Crippen LogP contribution in [0.5, 0.6) is 0 Å². The predicted molar refractivity (Wildman–Crippen MR) is 61.7 cm³/mol. The maximum Gasteiger partial charge on any atom is 0.307 e. The Bertz CT molecular complexity index is 283. The van der Waals surface area contributed by atoms with Gasteiger partial charge in [0.1, 0.15) is 0 Å². The van der Waals surface area contributed by atoms with Crippen LogP contribution in [0.3, 0.4) is 0 Å². The highest BCUT2D eigenvalue weighted by Gasteiger charge is 2.32. The van der Waals surface area contributed by atoms with Gasteiger partial charge in [-0.1, -0.05) is 0 Å². The molecule has 6 nitrogen and oxygen atoms in total. The summed E-state index contributed by atoms with van der Waals surface area (Å²) in [5.41, 5.74) is 0. The van der Waals surface area contributed by atoms with Crippen molar-refractivity contribution in [2.45, 2.75) is 19.4 Å². The molecular formula is C11H20N2O4. The standard InChI is InChI=1S/C11H20N2O4/c1-8(10(14)12-4-6-17-2)13-5-3-9(7-13)11(15)16/h8-9H,3-7H2,1-2H3,(H,12,14)(H,15,16). The molecule has 0 radical (unpaired) electrons. The molecule has 0 saturated carbocycles. The van der Waals surface area contributed by atoms with Crippen LogP contribution in [0.15, 0.2) is 0 Å². The summed E-state index contributed by atoms with van der Waals surface area (Å²) >= 11 is 0. The van der Waals surface area contributed by atoms with Crippen LogP contribution in [0, 0.1) is 5.92 Å². The molecule has 1 fully saturated rings. The molecule has 0 bridgehead atoms. The summed E-state index contributed by atoms with van der Waals surface area (Å²) < 4.78 is 4.84. The lowest BCUT2D eigenvalue weighted by Gasteiger charge is -2.22. The van der Waals surface area contributed by atoms with Gasteiger partial charge in [0.25, 0.3) is 0 Å². The molecule has 17 heavy (non-hydrogen) atoms. The Balaban J connectivity index is 2.35. The monoisotopic (exact) mass is 244 g/mol. The number of nitrogens with one attached hydrogen (secondary N) is 1. The lowest BCUT2D eigenvalue weighted by molar-refractivity contribution is -0.141. The average molecular weight is 244 g/mol. The van der Waals surface area contributed by atoms with Gasteiger partial charge in [-0.05, 0) is 19.9 Å². The van der Waals surface area contributed by atoms with E-state index in [1.54, 1.807) is 14.0 Å². The zero-order chi connectivity index (χ0) is 12.8. The van der Waals surface area contributed by atoms with Crippen LogP contribution < -0.4 is 5.32 Å². The molecule has 2 N–H and O–H groups in total. The van der Waals surface area contributed by atoms with E-state index in [9.17, 15) is 9.59 Å². The number of ether oxygens (including phenoxy) is 1. The van der Waals surface area contributed by atoms with Crippen molar-refractivity contribution >= 4 is 11.9 Å².